The molecular weight excluding hydrogens is 292 g/mol. The summed E-state index contributed by atoms with van der Waals surface area (Å²) in [7, 11) is 0. The number of allylic oxidation sites excluding steroid dienone is 1. The second kappa shape index (κ2) is 7.67. The fourth-order valence-electron chi connectivity index (χ4n) is 2.63. The van der Waals surface area contributed by atoms with Crippen LogP contribution in [0.3, 0.4) is 0 Å². The van der Waals surface area contributed by atoms with Crippen molar-refractivity contribution < 1.29 is 9.21 Å². The van der Waals surface area contributed by atoms with E-state index < -0.39 is 0 Å². The minimum atomic E-state index is -0.0914. The number of hydrogen-bond donors (Lipinski definition) is 1. The Morgan fingerprint density at radius 2 is 2.09 bits per heavy atom. The van der Waals surface area contributed by atoms with Crippen molar-refractivity contribution in [3.05, 3.63) is 42.1 Å². The molecule has 0 atom stereocenters. The van der Waals surface area contributed by atoms with Crippen LogP contribution in [-0.4, -0.2) is 27.6 Å². The van der Waals surface area contributed by atoms with Gasteiger partial charge in [-0.3, -0.25) is 9.78 Å². The number of nitrogens with zero attached hydrogens (tertiary/aromatic N) is 3. The van der Waals surface area contributed by atoms with E-state index in [2.05, 4.69) is 26.6 Å². The molecule has 6 nitrogen and oxygen atoms in total. The lowest BCUT2D eigenvalue weighted by atomic mass is 9.97. The number of aromatic nitrogens is 3. The van der Waals surface area contributed by atoms with Gasteiger partial charge in [-0.2, -0.15) is 0 Å². The highest BCUT2D eigenvalue weighted by molar-refractivity contribution is 5.77. The Kier molecular flexibility index (Phi) is 5.13. The van der Waals surface area contributed by atoms with Crippen molar-refractivity contribution in [2.75, 3.05) is 6.54 Å². The van der Waals surface area contributed by atoms with Crippen LogP contribution in [0.2, 0.25) is 0 Å². The molecule has 6 heteroatoms. The first-order chi connectivity index (χ1) is 11.3. The lowest BCUT2D eigenvalue weighted by molar-refractivity contribution is -0.120. The minimum Gasteiger partial charge on any atom is -0.420 e. The Bertz CT molecular complexity index is 679. The molecule has 1 aliphatic rings. The highest BCUT2D eigenvalue weighted by Crippen LogP contribution is 2.19. The van der Waals surface area contributed by atoms with E-state index in [9.17, 15) is 4.79 Å². The van der Waals surface area contributed by atoms with Crippen molar-refractivity contribution in [1.29, 1.82) is 0 Å². The van der Waals surface area contributed by atoms with Crippen LogP contribution in [-0.2, 0) is 11.2 Å². The molecule has 0 spiro atoms. The highest BCUT2D eigenvalue weighted by Gasteiger charge is 2.12. The Labute approximate surface area is 135 Å². The van der Waals surface area contributed by atoms with Gasteiger partial charge in [-0.15, -0.1) is 10.2 Å². The van der Waals surface area contributed by atoms with E-state index in [1.807, 2.05) is 0 Å². The summed E-state index contributed by atoms with van der Waals surface area (Å²) in [4.78, 5) is 15.9. The average molecular weight is 312 g/mol. The van der Waals surface area contributed by atoms with Crippen LogP contribution in [0, 0.1) is 0 Å². The van der Waals surface area contributed by atoms with Crippen LogP contribution in [0.25, 0.3) is 11.5 Å². The number of carbonyl (C=O) groups excluding carboxylic acids is 1. The van der Waals surface area contributed by atoms with Crippen molar-refractivity contribution >= 4 is 5.91 Å². The van der Waals surface area contributed by atoms with Gasteiger partial charge in [0.15, 0.2) is 0 Å². The maximum Gasteiger partial charge on any atom is 0.247 e. The summed E-state index contributed by atoms with van der Waals surface area (Å²) in [6, 6.07) is 3.57. The second-order valence-corrected chi connectivity index (χ2v) is 5.62. The highest BCUT2D eigenvalue weighted by atomic mass is 16.4. The van der Waals surface area contributed by atoms with E-state index in [0.29, 0.717) is 18.3 Å². The largest absolute Gasteiger partial charge is 0.420 e. The lowest BCUT2D eigenvalue weighted by Crippen LogP contribution is -2.26. The summed E-state index contributed by atoms with van der Waals surface area (Å²) < 4.78 is 5.51. The monoisotopic (exact) mass is 312 g/mol. The van der Waals surface area contributed by atoms with Crippen LogP contribution < -0.4 is 5.32 Å². The zero-order chi connectivity index (χ0) is 15.9. The molecule has 0 radical (unpaired) electrons. The van der Waals surface area contributed by atoms with Gasteiger partial charge in [-0.25, -0.2) is 0 Å². The number of hydrogen-bond acceptors (Lipinski definition) is 5. The molecule has 0 aromatic carbocycles. The molecule has 1 aliphatic carbocycles. The summed E-state index contributed by atoms with van der Waals surface area (Å²) >= 11 is 0. The van der Waals surface area contributed by atoms with Crippen molar-refractivity contribution in [3.63, 3.8) is 0 Å². The molecule has 0 fully saturated rings. The number of nitrogens with one attached hydrogen (secondary N) is 1. The summed E-state index contributed by atoms with van der Waals surface area (Å²) in [5, 5.41) is 10.8. The molecule has 0 saturated heterocycles. The third kappa shape index (κ3) is 4.48. The van der Waals surface area contributed by atoms with Gasteiger partial charge >= 0.3 is 0 Å². The predicted molar refractivity (Wildman–Crippen MR) is 85.4 cm³/mol. The van der Waals surface area contributed by atoms with E-state index in [4.69, 9.17) is 4.42 Å². The van der Waals surface area contributed by atoms with Crippen LogP contribution in [0.15, 0.2) is 40.6 Å². The lowest BCUT2D eigenvalue weighted by Gasteiger charge is -2.12. The topological polar surface area (TPSA) is 80.9 Å². The first-order valence-corrected chi connectivity index (χ1v) is 7.98. The summed E-state index contributed by atoms with van der Waals surface area (Å²) in [5.74, 6) is 0.639. The van der Waals surface area contributed by atoms with E-state index in [1.165, 1.54) is 24.8 Å². The molecule has 3 rings (SSSR count). The molecule has 23 heavy (non-hydrogen) atoms. The average Bonchev–Trinajstić information content (AvgIpc) is 3.05. The smallest absolute Gasteiger partial charge is 0.247 e. The molecule has 1 N–H and O–H groups in total. The van der Waals surface area contributed by atoms with Crippen LogP contribution in [0.4, 0.5) is 0 Å². The Balaban J connectivity index is 1.46. The van der Waals surface area contributed by atoms with Gasteiger partial charge in [-0.05, 0) is 44.2 Å². The molecule has 0 bridgehead atoms. The standard InChI is InChI=1S/C17H20N4O2/c22-15(19-11-6-13-4-2-1-3-5-13)12-16-20-21-17(23-16)14-7-9-18-10-8-14/h4,7-10H,1-3,5-6,11-12H2,(H,19,22). The third-order valence-corrected chi connectivity index (χ3v) is 3.86. The second-order valence-electron chi connectivity index (χ2n) is 5.62. The SMILES string of the molecule is O=C(Cc1nnc(-c2ccncc2)o1)NCCC1=CCCCC1. The molecular formula is C17H20N4O2. The molecule has 120 valence electrons. The number of pyridine rings is 1. The molecule has 2 aromatic rings. The van der Waals surface area contributed by atoms with Gasteiger partial charge in [0.2, 0.25) is 17.7 Å². The fourth-order valence-corrected chi connectivity index (χ4v) is 2.63. The Morgan fingerprint density at radius 3 is 2.87 bits per heavy atom. The van der Waals surface area contributed by atoms with E-state index in [0.717, 1.165) is 18.4 Å². The number of carbonyl (C=O) groups is 1. The van der Waals surface area contributed by atoms with Gasteiger partial charge in [0.1, 0.15) is 6.42 Å². The van der Waals surface area contributed by atoms with Crippen molar-refractivity contribution in [2.45, 2.75) is 38.5 Å². The zero-order valence-electron chi connectivity index (χ0n) is 13.0. The number of rotatable bonds is 6. The van der Waals surface area contributed by atoms with Crippen molar-refractivity contribution in [1.82, 2.24) is 20.5 Å². The fraction of sp³-hybridized carbons (Fsp3) is 0.412. The quantitative estimate of drug-likeness (QED) is 0.829. The molecule has 0 unspecified atom stereocenters. The minimum absolute atomic E-state index is 0.0914. The molecule has 2 aromatic heterocycles. The van der Waals surface area contributed by atoms with Gasteiger partial charge < -0.3 is 9.73 Å². The maximum absolute atomic E-state index is 11.9. The normalized spacial score (nSPS) is 14.3. The predicted octanol–water partition coefficient (Wildman–Crippen LogP) is 2.68. The summed E-state index contributed by atoms with van der Waals surface area (Å²) in [5.41, 5.74) is 2.25. The molecule has 0 aliphatic heterocycles. The van der Waals surface area contributed by atoms with Crippen molar-refractivity contribution in [3.8, 4) is 11.5 Å². The van der Waals surface area contributed by atoms with Crippen LogP contribution in [0.5, 0.6) is 0 Å². The Morgan fingerprint density at radius 1 is 1.22 bits per heavy atom. The summed E-state index contributed by atoms with van der Waals surface area (Å²) in [6.07, 6.45) is 11.5. The van der Waals surface area contributed by atoms with Gasteiger partial charge in [0.25, 0.3) is 0 Å². The van der Waals surface area contributed by atoms with Crippen LogP contribution >= 0.6 is 0 Å². The molecule has 2 heterocycles. The van der Waals surface area contributed by atoms with Gasteiger partial charge in [0.05, 0.1) is 0 Å². The van der Waals surface area contributed by atoms with Crippen molar-refractivity contribution in [2.24, 2.45) is 0 Å². The van der Waals surface area contributed by atoms with Gasteiger partial charge in [-0.1, -0.05) is 11.6 Å². The molecule has 0 saturated carbocycles. The summed E-state index contributed by atoms with van der Waals surface area (Å²) in [6.45, 7) is 0.663. The Hall–Kier alpha value is -2.50. The first-order valence-electron chi connectivity index (χ1n) is 7.98. The third-order valence-electron chi connectivity index (χ3n) is 3.86. The molecule has 1 amide bonds. The van der Waals surface area contributed by atoms with Crippen LogP contribution in [0.1, 0.15) is 38.0 Å². The number of amides is 1. The van der Waals surface area contributed by atoms with E-state index >= 15 is 0 Å². The zero-order valence-corrected chi connectivity index (χ0v) is 13.0. The van der Waals surface area contributed by atoms with E-state index in [-0.39, 0.29) is 12.3 Å². The van der Waals surface area contributed by atoms with Gasteiger partial charge in [0, 0.05) is 24.5 Å². The maximum atomic E-state index is 11.9. The first kappa shape index (κ1) is 15.4. The van der Waals surface area contributed by atoms with E-state index in [1.54, 1.807) is 24.5 Å².